The Hall–Kier alpha value is -3.71. The van der Waals surface area contributed by atoms with Crippen LogP contribution in [0, 0.1) is 0 Å². The average Bonchev–Trinajstić information content (AvgIpc) is 3.28. The summed E-state index contributed by atoms with van der Waals surface area (Å²) in [7, 11) is 0. The zero-order valence-corrected chi connectivity index (χ0v) is 20.6. The predicted molar refractivity (Wildman–Crippen MR) is 140 cm³/mol. The number of thioether (sulfide) groups is 1. The van der Waals surface area contributed by atoms with Crippen molar-refractivity contribution in [2.45, 2.75) is 25.2 Å². The minimum atomic E-state index is 0.313. The van der Waals surface area contributed by atoms with Gasteiger partial charge >= 0.3 is 0 Å². The highest BCUT2D eigenvalue weighted by molar-refractivity contribution is 7.99. The van der Waals surface area contributed by atoms with Crippen LogP contribution in [0.3, 0.4) is 0 Å². The first-order valence-corrected chi connectivity index (χ1v) is 12.6. The van der Waals surface area contributed by atoms with E-state index in [4.69, 9.17) is 14.2 Å². The van der Waals surface area contributed by atoms with Crippen molar-refractivity contribution in [2.75, 3.05) is 19.0 Å². The standard InChI is InChI=1S/C28H29N3O3S/c1-3-18-31-27(21-34-26-13-9-8-12-25(26)22-10-6-5-7-11-22)29-30-28(31)35-20-19-33-24-16-14-23(15-17-24)32-4-2/h3,5-17H,1,4,18-21H2,2H3. The Kier molecular flexibility index (Phi) is 8.84. The molecule has 0 aliphatic rings. The largest absolute Gasteiger partial charge is 0.494 e. The molecule has 0 amide bonds. The summed E-state index contributed by atoms with van der Waals surface area (Å²) in [6.45, 7) is 7.97. The molecule has 0 unspecified atom stereocenters. The van der Waals surface area contributed by atoms with Gasteiger partial charge in [-0.05, 0) is 42.8 Å². The van der Waals surface area contributed by atoms with E-state index in [2.05, 4.69) is 35.0 Å². The van der Waals surface area contributed by atoms with E-state index < -0.39 is 0 Å². The third kappa shape index (κ3) is 6.67. The van der Waals surface area contributed by atoms with E-state index in [-0.39, 0.29) is 0 Å². The molecule has 0 radical (unpaired) electrons. The van der Waals surface area contributed by atoms with E-state index in [1.807, 2.05) is 78.2 Å². The van der Waals surface area contributed by atoms with Crippen LogP contribution in [-0.2, 0) is 13.2 Å². The molecule has 1 aromatic heterocycles. The van der Waals surface area contributed by atoms with Crippen molar-refractivity contribution in [1.82, 2.24) is 14.8 Å². The third-order valence-corrected chi connectivity index (χ3v) is 6.08. The third-order valence-electron chi connectivity index (χ3n) is 5.15. The number of benzene rings is 3. The molecule has 0 spiro atoms. The molecule has 3 aromatic carbocycles. The number of aromatic nitrogens is 3. The summed E-state index contributed by atoms with van der Waals surface area (Å²) in [4.78, 5) is 0. The first-order chi connectivity index (χ1) is 17.3. The highest BCUT2D eigenvalue weighted by atomic mass is 32.2. The molecule has 35 heavy (non-hydrogen) atoms. The summed E-state index contributed by atoms with van der Waals surface area (Å²) in [5, 5.41) is 9.58. The van der Waals surface area contributed by atoms with E-state index in [9.17, 15) is 0 Å². The maximum absolute atomic E-state index is 6.19. The molecule has 0 bridgehead atoms. The molecule has 0 N–H and O–H groups in total. The zero-order valence-electron chi connectivity index (χ0n) is 19.8. The molecule has 0 aliphatic carbocycles. The van der Waals surface area contributed by atoms with Gasteiger partial charge in [-0.2, -0.15) is 0 Å². The van der Waals surface area contributed by atoms with E-state index >= 15 is 0 Å². The van der Waals surface area contributed by atoms with Crippen LogP contribution in [0.15, 0.2) is 96.7 Å². The second kappa shape index (κ2) is 12.7. The van der Waals surface area contributed by atoms with Gasteiger partial charge in [0.25, 0.3) is 0 Å². The minimum Gasteiger partial charge on any atom is -0.494 e. The Morgan fingerprint density at radius 3 is 2.31 bits per heavy atom. The van der Waals surface area contributed by atoms with Gasteiger partial charge in [0.15, 0.2) is 11.0 Å². The van der Waals surface area contributed by atoms with Crippen LogP contribution in [0.25, 0.3) is 11.1 Å². The predicted octanol–water partition coefficient (Wildman–Crippen LogP) is 6.28. The van der Waals surface area contributed by atoms with E-state index in [1.54, 1.807) is 11.8 Å². The van der Waals surface area contributed by atoms with Crippen molar-refractivity contribution in [3.05, 3.63) is 97.3 Å². The molecule has 0 saturated heterocycles. The van der Waals surface area contributed by atoms with Crippen molar-refractivity contribution in [3.8, 4) is 28.4 Å². The second-order valence-electron chi connectivity index (χ2n) is 7.55. The van der Waals surface area contributed by atoms with Crippen molar-refractivity contribution in [3.63, 3.8) is 0 Å². The van der Waals surface area contributed by atoms with Crippen LogP contribution in [0.2, 0.25) is 0 Å². The summed E-state index contributed by atoms with van der Waals surface area (Å²) >= 11 is 1.60. The zero-order chi connectivity index (χ0) is 24.3. The fourth-order valence-electron chi connectivity index (χ4n) is 3.53. The monoisotopic (exact) mass is 487 g/mol. The van der Waals surface area contributed by atoms with E-state index in [1.165, 1.54) is 0 Å². The minimum absolute atomic E-state index is 0.313. The van der Waals surface area contributed by atoms with Crippen molar-refractivity contribution in [1.29, 1.82) is 0 Å². The van der Waals surface area contributed by atoms with Gasteiger partial charge < -0.3 is 14.2 Å². The summed E-state index contributed by atoms with van der Waals surface area (Å²) in [6, 6.07) is 25.9. The highest BCUT2D eigenvalue weighted by Gasteiger charge is 2.14. The topological polar surface area (TPSA) is 58.4 Å². The number of allylic oxidation sites excluding steroid dienone is 1. The van der Waals surface area contributed by atoms with Gasteiger partial charge in [0.1, 0.15) is 23.9 Å². The molecule has 4 rings (SSSR count). The summed E-state index contributed by atoms with van der Waals surface area (Å²) in [5.41, 5.74) is 2.16. The molecule has 7 heteroatoms. The van der Waals surface area contributed by atoms with Crippen LogP contribution in [0.4, 0.5) is 0 Å². The van der Waals surface area contributed by atoms with Gasteiger partial charge in [0, 0.05) is 17.9 Å². The van der Waals surface area contributed by atoms with Crippen LogP contribution in [0.5, 0.6) is 17.2 Å². The van der Waals surface area contributed by atoms with E-state index in [0.29, 0.717) is 26.4 Å². The Bertz CT molecular complexity index is 1210. The molecular weight excluding hydrogens is 458 g/mol. The number of hydrogen-bond donors (Lipinski definition) is 0. The number of rotatable bonds is 13. The number of para-hydroxylation sites is 1. The van der Waals surface area contributed by atoms with Gasteiger partial charge in [-0.3, -0.25) is 4.57 Å². The molecule has 0 fully saturated rings. The van der Waals surface area contributed by atoms with Crippen molar-refractivity contribution in [2.24, 2.45) is 0 Å². The fraction of sp³-hybridized carbons (Fsp3) is 0.214. The lowest BCUT2D eigenvalue weighted by atomic mass is 10.1. The highest BCUT2D eigenvalue weighted by Crippen LogP contribution is 2.30. The van der Waals surface area contributed by atoms with Crippen molar-refractivity contribution < 1.29 is 14.2 Å². The van der Waals surface area contributed by atoms with Crippen LogP contribution >= 0.6 is 11.8 Å². The second-order valence-corrected chi connectivity index (χ2v) is 8.61. The number of hydrogen-bond acceptors (Lipinski definition) is 6. The van der Waals surface area contributed by atoms with Crippen LogP contribution in [-0.4, -0.2) is 33.7 Å². The molecule has 180 valence electrons. The number of ether oxygens (including phenoxy) is 3. The maximum atomic E-state index is 6.19. The lowest BCUT2D eigenvalue weighted by Gasteiger charge is -2.12. The lowest BCUT2D eigenvalue weighted by Crippen LogP contribution is -2.08. The Morgan fingerprint density at radius 1 is 0.857 bits per heavy atom. The molecule has 0 aliphatic heterocycles. The van der Waals surface area contributed by atoms with Gasteiger partial charge in [-0.1, -0.05) is 66.4 Å². The normalized spacial score (nSPS) is 10.7. The number of nitrogens with zero attached hydrogens (tertiary/aromatic N) is 3. The summed E-state index contributed by atoms with van der Waals surface area (Å²) in [6.07, 6.45) is 1.84. The van der Waals surface area contributed by atoms with Gasteiger partial charge in [0.05, 0.1) is 13.2 Å². The quantitative estimate of drug-likeness (QED) is 0.126. The lowest BCUT2D eigenvalue weighted by molar-refractivity contribution is 0.290. The Balaban J connectivity index is 1.35. The molecular formula is C28H29N3O3S. The smallest absolute Gasteiger partial charge is 0.191 e. The maximum Gasteiger partial charge on any atom is 0.191 e. The van der Waals surface area contributed by atoms with Gasteiger partial charge in [-0.25, -0.2) is 0 Å². The summed E-state index contributed by atoms with van der Waals surface area (Å²) in [5.74, 6) is 3.95. The Labute approximate surface area is 210 Å². The molecule has 0 saturated carbocycles. The Morgan fingerprint density at radius 2 is 1.57 bits per heavy atom. The summed E-state index contributed by atoms with van der Waals surface area (Å²) < 4.78 is 19.5. The average molecular weight is 488 g/mol. The fourth-order valence-corrected chi connectivity index (χ4v) is 4.31. The molecule has 4 aromatic rings. The van der Waals surface area contributed by atoms with Crippen molar-refractivity contribution >= 4 is 11.8 Å². The van der Waals surface area contributed by atoms with E-state index in [0.717, 1.165) is 45.1 Å². The molecule has 0 atom stereocenters. The van der Waals surface area contributed by atoms with Crippen LogP contribution < -0.4 is 14.2 Å². The first kappa shape index (κ1) is 24.4. The van der Waals surface area contributed by atoms with Crippen LogP contribution in [0.1, 0.15) is 12.7 Å². The molecule has 1 heterocycles. The molecule has 6 nitrogen and oxygen atoms in total. The van der Waals surface area contributed by atoms with Gasteiger partial charge in [0.2, 0.25) is 0 Å². The first-order valence-electron chi connectivity index (χ1n) is 11.6. The SMILES string of the molecule is C=CCn1c(COc2ccccc2-c2ccccc2)nnc1SCCOc1ccc(OCC)cc1. The van der Waals surface area contributed by atoms with Gasteiger partial charge in [-0.15, -0.1) is 16.8 Å².